The van der Waals surface area contributed by atoms with Crippen molar-refractivity contribution in [2.45, 2.75) is 26.9 Å². The van der Waals surface area contributed by atoms with Crippen molar-refractivity contribution in [2.24, 2.45) is 5.92 Å². The molecule has 0 aliphatic heterocycles. The minimum atomic E-state index is -1.01. The molecular formula is C22H22N2O5. The number of ether oxygens (including phenoxy) is 2. The van der Waals surface area contributed by atoms with Gasteiger partial charge >= 0.3 is 5.97 Å². The van der Waals surface area contributed by atoms with Crippen molar-refractivity contribution in [3.05, 3.63) is 59.7 Å². The smallest absolute Gasteiger partial charge is 0.344 e. The van der Waals surface area contributed by atoms with Gasteiger partial charge in [0.25, 0.3) is 0 Å². The Labute approximate surface area is 169 Å². The molecule has 2 aromatic rings. The number of carbonyl (C=O) groups is 3. The third-order valence-corrected chi connectivity index (χ3v) is 3.99. The number of hydrogen-bond donors (Lipinski definition) is 1. The van der Waals surface area contributed by atoms with Gasteiger partial charge in [-0.2, -0.15) is 5.26 Å². The van der Waals surface area contributed by atoms with Gasteiger partial charge in [0, 0.05) is 17.2 Å². The van der Waals surface area contributed by atoms with Gasteiger partial charge in [0.2, 0.25) is 11.7 Å². The van der Waals surface area contributed by atoms with Crippen LogP contribution < -0.4 is 10.1 Å². The Morgan fingerprint density at radius 2 is 1.69 bits per heavy atom. The SMILES string of the molecule is CC(C)C(=O)Nc1ccc(C(=O)C(C)OC(=O)COc2ccccc2C#N)cc1. The van der Waals surface area contributed by atoms with Crippen LogP contribution in [0.3, 0.4) is 0 Å². The number of Topliss-reactive ketones (excluding diaryl/α,β-unsaturated/α-hetero) is 1. The van der Waals surface area contributed by atoms with E-state index in [0.717, 1.165) is 0 Å². The van der Waals surface area contributed by atoms with E-state index in [1.165, 1.54) is 6.92 Å². The average molecular weight is 394 g/mol. The van der Waals surface area contributed by atoms with Gasteiger partial charge in [-0.3, -0.25) is 9.59 Å². The maximum absolute atomic E-state index is 12.4. The molecule has 0 radical (unpaired) electrons. The minimum Gasteiger partial charge on any atom is -0.481 e. The number of amides is 1. The van der Waals surface area contributed by atoms with Crippen molar-refractivity contribution >= 4 is 23.3 Å². The topological polar surface area (TPSA) is 105 Å². The van der Waals surface area contributed by atoms with Crippen LogP contribution in [0.2, 0.25) is 0 Å². The zero-order valence-electron chi connectivity index (χ0n) is 16.5. The molecule has 7 heteroatoms. The van der Waals surface area contributed by atoms with E-state index < -0.39 is 18.7 Å². The third-order valence-electron chi connectivity index (χ3n) is 3.99. The highest BCUT2D eigenvalue weighted by Gasteiger charge is 2.20. The second-order valence-electron chi connectivity index (χ2n) is 6.61. The number of nitrogens with zero attached hydrogens (tertiary/aromatic N) is 1. The summed E-state index contributed by atoms with van der Waals surface area (Å²) in [5.41, 5.74) is 1.23. The van der Waals surface area contributed by atoms with Crippen molar-refractivity contribution in [1.82, 2.24) is 0 Å². The van der Waals surface area contributed by atoms with Crippen LogP contribution in [0.4, 0.5) is 5.69 Å². The van der Waals surface area contributed by atoms with E-state index >= 15 is 0 Å². The summed E-state index contributed by atoms with van der Waals surface area (Å²) in [6.45, 7) is 4.62. The van der Waals surface area contributed by atoms with E-state index in [0.29, 0.717) is 16.8 Å². The van der Waals surface area contributed by atoms with Crippen LogP contribution in [0.1, 0.15) is 36.7 Å². The van der Waals surface area contributed by atoms with E-state index in [9.17, 15) is 14.4 Å². The predicted octanol–water partition coefficient (Wildman–Crippen LogP) is 3.35. The fourth-order valence-electron chi connectivity index (χ4n) is 2.35. The van der Waals surface area contributed by atoms with Gasteiger partial charge in [-0.15, -0.1) is 0 Å². The number of nitriles is 1. The number of carbonyl (C=O) groups excluding carboxylic acids is 3. The summed E-state index contributed by atoms with van der Waals surface area (Å²) in [6.07, 6.45) is -1.01. The number of para-hydroxylation sites is 1. The molecule has 1 amide bonds. The van der Waals surface area contributed by atoms with Gasteiger partial charge in [0.05, 0.1) is 5.56 Å². The maximum atomic E-state index is 12.4. The molecule has 1 atom stereocenters. The van der Waals surface area contributed by atoms with Gasteiger partial charge in [-0.05, 0) is 43.3 Å². The second-order valence-corrected chi connectivity index (χ2v) is 6.61. The number of benzene rings is 2. The number of anilines is 1. The number of hydrogen-bond acceptors (Lipinski definition) is 6. The molecule has 0 saturated heterocycles. The van der Waals surface area contributed by atoms with E-state index in [1.54, 1.807) is 62.4 Å². The molecule has 1 N–H and O–H groups in total. The Morgan fingerprint density at radius 1 is 1.03 bits per heavy atom. The monoisotopic (exact) mass is 394 g/mol. The number of nitrogens with one attached hydrogen (secondary N) is 1. The van der Waals surface area contributed by atoms with Crippen LogP contribution in [0.5, 0.6) is 5.75 Å². The number of rotatable bonds is 8. The molecule has 0 spiro atoms. The first-order chi connectivity index (χ1) is 13.8. The van der Waals surface area contributed by atoms with Gasteiger partial charge in [0.1, 0.15) is 11.8 Å². The lowest BCUT2D eigenvalue weighted by molar-refractivity contribution is -0.148. The van der Waals surface area contributed by atoms with Crippen LogP contribution in [0.15, 0.2) is 48.5 Å². The highest BCUT2D eigenvalue weighted by atomic mass is 16.6. The summed E-state index contributed by atoms with van der Waals surface area (Å²) in [4.78, 5) is 36.1. The van der Waals surface area contributed by atoms with Gasteiger partial charge in [-0.25, -0.2) is 4.79 Å². The van der Waals surface area contributed by atoms with Crippen molar-refractivity contribution in [3.8, 4) is 11.8 Å². The summed E-state index contributed by atoms with van der Waals surface area (Å²) < 4.78 is 10.4. The van der Waals surface area contributed by atoms with Crippen LogP contribution in [0.25, 0.3) is 0 Å². The van der Waals surface area contributed by atoms with Gasteiger partial charge in [0.15, 0.2) is 12.7 Å². The predicted molar refractivity (Wildman–Crippen MR) is 106 cm³/mol. The minimum absolute atomic E-state index is 0.121. The quantitative estimate of drug-likeness (QED) is 0.544. The maximum Gasteiger partial charge on any atom is 0.344 e. The van der Waals surface area contributed by atoms with Crippen LogP contribution in [0, 0.1) is 17.2 Å². The molecule has 0 fully saturated rings. The van der Waals surface area contributed by atoms with Gasteiger partial charge in [-0.1, -0.05) is 26.0 Å². The molecule has 2 rings (SSSR count). The zero-order valence-corrected chi connectivity index (χ0v) is 16.5. The largest absolute Gasteiger partial charge is 0.481 e. The highest BCUT2D eigenvalue weighted by Crippen LogP contribution is 2.17. The lowest BCUT2D eigenvalue weighted by Gasteiger charge is -2.14. The molecule has 0 saturated carbocycles. The lowest BCUT2D eigenvalue weighted by atomic mass is 10.1. The summed E-state index contributed by atoms with van der Waals surface area (Å²) in [6, 6.07) is 14.8. The Bertz CT molecular complexity index is 929. The molecular weight excluding hydrogens is 372 g/mol. The molecule has 29 heavy (non-hydrogen) atoms. The second kappa shape index (κ2) is 10.0. The average Bonchev–Trinajstić information content (AvgIpc) is 2.72. The summed E-state index contributed by atoms with van der Waals surface area (Å²) >= 11 is 0. The molecule has 1 unspecified atom stereocenters. The molecule has 0 aliphatic rings. The van der Waals surface area contributed by atoms with Crippen molar-refractivity contribution in [3.63, 3.8) is 0 Å². The van der Waals surface area contributed by atoms with E-state index in [1.807, 2.05) is 6.07 Å². The van der Waals surface area contributed by atoms with Crippen LogP contribution >= 0.6 is 0 Å². The molecule has 2 aromatic carbocycles. The Hall–Kier alpha value is -3.66. The molecule has 150 valence electrons. The Morgan fingerprint density at radius 3 is 2.31 bits per heavy atom. The Balaban J connectivity index is 1.90. The van der Waals surface area contributed by atoms with Gasteiger partial charge < -0.3 is 14.8 Å². The first-order valence-electron chi connectivity index (χ1n) is 9.08. The van der Waals surface area contributed by atoms with Crippen molar-refractivity contribution in [1.29, 1.82) is 5.26 Å². The first-order valence-corrected chi connectivity index (χ1v) is 9.08. The highest BCUT2D eigenvalue weighted by molar-refractivity contribution is 6.01. The molecule has 7 nitrogen and oxygen atoms in total. The summed E-state index contributed by atoms with van der Waals surface area (Å²) in [5.74, 6) is -1.11. The van der Waals surface area contributed by atoms with Crippen LogP contribution in [-0.4, -0.2) is 30.4 Å². The zero-order chi connectivity index (χ0) is 21.4. The normalized spacial score (nSPS) is 11.3. The molecule has 0 aliphatic carbocycles. The molecule has 0 bridgehead atoms. The standard InChI is InChI=1S/C22H22N2O5/c1-14(2)22(27)24-18-10-8-16(9-11-18)21(26)15(3)29-20(25)13-28-19-7-5-4-6-17(19)12-23/h4-11,14-15H,13H2,1-3H3,(H,24,27). The molecule has 0 heterocycles. The third kappa shape index (κ3) is 6.18. The van der Waals surface area contributed by atoms with E-state index in [-0.39, 0.29) is 23.4 Å². The van der Waals surface area contributed by atoms with Crippen molar-refractivity contribution < 1.29 is 23.9 Å². The van der Waals surface area contributed by atoms with Crippen molar-refractivity contribution in [2.75, 3.05) is 11.9 Å². The van der Waals surface area contributed by atoms with Crippen LogP contribution in [-0.2, 0) is 14.3 Å². The lowest BCUT2D eigenvalue weighted by Crippen LogP contribution is -2.27. The fraction of sp³-hybridized carbons (Fsp3) is 0.273. The van der Waals surface area contributed by atoms with E-state index in [4.69, 9.17) is 14.7 Å². The number of esters is 1. The summed E-state index contributed by atoms with van der Waals surface area (Å²) in [5, 5.41) is 11.7. The molecule has 0 aromatic heterocycles. The Kier molecular flexibility index (Phi) is 7.49. The fourth-order valence-corrected chi connectivity index (χ4v) is 2.35. The van der Waals surface area contributed by atoms with E-state index in [2.05, 4.69) is 5.32 Å². The number of ketones is 1. The first kappa shape index (κ1) is 21.6. The summed E-state index contributed by atoms with van der Waals surface area (Å²) in [7, 11) is 0.